The van der Waals surface area contributed by atoms with E-state index in [4.69, 9.17) is 9.72 Å². The molecule has 2 aromatic carbocycles. The van der Waals surface area contributed by atoms with Crippen LogP contribution in [-0.4, -0.2) is 54.0 Å². The van der Waals surface area contributed by atoms with Gasteiger partial charge in [-0.05, 0) is 41.8 Å². The van der Waals surface area contributed by atoms with E-state index >= 15 is 0 Å². The summed E-state index contributed by atoms with van der Waals surface area (Å²) >= 11 is 3.35. The van der Waals surface area contributed by atoms with E-state index in [2.05, 4.69) is 57.6 Å². The number of nitrogens with one attached hydrogen (secondary N) is 3. The molecule has 8 nitrogen and oxygen atoms in total. The Kier molecular flexibility index (Phi) is 8.31. The van der Waals surface area contributed by atoms with Crippen LogP contribution in [0, 0.1) is 0 Å². The molecule has 1 aliphatic heterocycles. The van der Waals surface area contributed by atoms with Gasteiger partial charge in [0.1, 0.15) is 10.0 Å². The molecule has 0 bridgehead atoms. The van der Waals surface area contributed by atoms with Crippen molar-refractivity contribution >= 4 is 43.8 Å². The van der Waals surface area contributed by atoms with Crippen LogP contribution >= 0.6 is 22.7 Å². The molecule has 5 aromatic rings. The number of fused-ring (bicyclic) bond motifs is 2. The summed E-state index contributed by atoms with van der Waals surface area (Å²) in [6, 6.07) is 16.8. The summed E-state index contributed by atoms with van der Waals surface area (Å²) in [5.41, 5.74) is 6.73. The van der Waals surface area contributed by atoms with Crippen LogP contribution in [0.5, 0.6) is 0 Å². The maximum absolute atomic E-state index is 12.8. The minimum absolute atomic E-state index is 0.00800. The van der Waals surface area contributed by atoms with Crippen LogP contribution in [0.1, 0.15) is 22.4 Å². The monoisotopic (exact) mass is 572 g/mol. The Labute approximate surface area is 241 Å². The number of carbonyl (C=O) groups is 1. The Bertz CT molecular complexity index is 1610. The number of benzene rings is 2. The fourth-order valence-corrected chi connectivity index (χ4v) is 7.25. The van der Waals surface area contributed by atoms with E-state index in [0.717, 1.165) is 69.5 Å². The molecule has 0 unspecified atom stereocenters. The number of carbonyl (C=O) groups excluding carboxylic acids is 1. The third kappa shape index (κ3) is 6.01. The molecule has 6 rings (SSSR count). The van der Waals surface area contributed by atoms with Crippen molar-refractivity contribution in [2.45, 2.75) is 25.9 Å². The highest BCUT2D eigenvalue weighted by Gasteiger charge is 2.25. The fourth-order valence-electron chi connectivity index (χ4n) is 4.92. The van der Waals surface area contributed by atoms with Crippen LogP contribution in [0.2, 0.25) is 0 Å². The summed E-state index contributed by atoms with van der Waals surface area (Å²) < 4.78 is 8.15. The minimum Gasteiger partial charge on any atom is -0.383 e. The molecule has 0 aliphatic carbocycles. The van der Waals surface area contributed by atoms with Gasteiger partial charge in [0.05, 0.1) is 29.6 Å². The molecule has 1 aliphatic rings. The maximum Gasteiger partial charge on any atom is 0.226 e. The van der Waals surface area contributed by atoms with Gasteiger partial charge < -0.3 is 20.7 Å². The first kappa shape index (κ1) is 26.8. The molecular weight excluding hydrogens is 541 g/mol. The Morgan fingerprint density at radius 2 is 2.02 bits per heavy atom. The van der Waals surface area contributed by atoms with E-state index in [9.17, 15) is 4.79 Å². The number of methoxy groups -OCH3 is 1. The van der Waals surface area contributed by atoms with Gasteiger partial charge in [0.15, 0.2) is 0 Å². The number of nitrogens with zero attached hydrogens (tertiary/aromatic N) is 3. The van der Waals surface area contributed by atoms with Gasteiger partial charge >= 0.3 is 0 Å². The molecule has 0 radical (unpaired) electrons. The van der Waals surface area contributed by atoms with E-state index in [1.165, 1.54) is 16.0 Å². The summed E-state index contributed by atoms with van der Waals surface area (Å²) in [6.07, 6.45) is 5.33. The lowest BCUT2D eigenvalue weighted by atomic mass is 10.0. The first-order valence-corrected chi connectivity index (χ1v) is 15.1. The number of ether oxygens (including phenoxy) is 1. The first-order valence-electron chi connectivity index (χ1n) is 13.5. The summed E-state index contributed by atoms with van der Waals surface area (Å²) in [5, 5.41) is 16.3. The highest BCUT2D eigenvalue weighted by atomic mass is 32.1. The number of amides is 1. The molecule has 1 amide bonds. The standard InChI is InChI=1S/C30H32N6O2S2/c1-38-14-13-31-12-10-27(37)35-30-28(23-9-11-32-17-26(23)40-30)29-34-24-15-21(7-8-25(24)39-29)22-16-33-36(19-22)18-20-5-3-2-4-6-20/h2-8,15-16,19,31-32H,9-14,17-18H2,1H3,(H,35,37). The summed E-state index contributed by atoms with van der Waals surface area (Å²) in [7, 11) is 1.67. The van der Waals surface area contributed by atoms with Gasteiger partial charge in [0.2, 0.25) is 5.91 Å². The van der Waals surface area contributed by atoms with Crippen LogP contribution in [0.4, 0.5) is 5.00 Å². The largest absolute Gasteiger partial charge is 0.383 e. The van der Waals surface area contributed by atoms with Gasteiger partial charge in [0, 0.05) is 55.4 Å². The fraction of sp³-hybridized carbons (Fsp3) is 0.300. The number of thiophene rings is 1. The first-order chi connectivity index (χ1) is 19.7. The van der Waals surface area contributed by atoms with E-state index in [1.54, 1.807) is 29.8 Å². The molecule has 0 saturated carbocycles. The summed E-state index contributed by atoms with van der Waals surface area (Å²) in [4.78, 5) is 19.2. The molecule has 0 saturated heterocycles. The lowest BCUT2D eigenvalue weighted by molar-refractivity contribution is -0.116. The van der Waals surface area contributed by atoms with Crippen molar-refractivity contribution in [3.63, 3.8) is 0 Å². The Morgan fingerprint density at radius 3 is 2.90 bits per heavy atom. The number of thiazole rings is 1. The predicted octanol–water partition coefficient (Wildman–Crippen LogP) is 5.15. The Hall–Kier alpha value is -3.41. The van der Waals surface area contributed by atoms with Crippen LogP contribution < -0.4 is 16.0 Å². The van der Waals surface area contributed by atoms with Crippen molar-refractivity contribution < 1.29 is 9.53 Å². The number of hydrogen-bond acceptors (Lipinski definition) is 8. The maximum atomic E-state index is 12.8. The van der Waals surface area contributed by atoms with Gasteiger partial charge in [-0.15, -0.1) is 22.7 Å². The van der Waals surface area contributed by atoms with Gasteiger partial charge in [-0.2, -0.15) is 5.10 Å². The second-order valence-electron chi connectivity index (χ2n) is 9.79. The average Bonchev–Trinajstić information content (AvgIpc) is 3.69. The molecule has 3 aromatic heterocycles. The highest BCUT2D eigenvalue weighted by molar-refractivity contribution is 7.23. The number of hydrogen-bond donors (Lipinski definition) is 3. The van der Waals surface area contributed by atoms with Crippen LogP contribution in [0.15, 0.2) is 60.9 Å². The highest BCUT2D eigenvalue weighted by Crippen LogP contribution is 2.45. The zero-order chi connectivity index (χ0) is 27.3. The van der Waals surface area contributed by atoms with E-state index in [0.29, 0.717) is 19.6 Å². The van der Waals surface area contributed by atoms with E-state index in [-0.39, 0.29) is 5.91 Å². The summed E-state index contributed by atoms with van der Waals surface area (Å²) in [6.45, 7) is 4.46. The minimum atomic E-state index is 0.00800. The van der Waals surface area contributed by atoms with Crippen molar-refractivity contribution in [2.24, 2.45) is 0 Å². The molecule has 206 valence electrons. The molecule has 0 fully saturated rings. The van der Waals surface area contributed by atoms with Gasteiger partial charge in [0.25, 0.3) is 0 Å². The summed E-state index contributed by atoms with van der Waals surface area (Å²) in [5.74, 6) is 0.00800. The van der Waals surface area contributed by atoms with Crippen molar-refractivity contribution in [1.82, 2.24) is 25.4 Å². The van der Waals surface area contributed by atoms with Crippen LogP contribution in [-0.2, 0) is 29.0 Å². The predicted molar refractivity (Wildman–Crippen MR) is 163 cm³/mol. The smallest absolute Gasteiger partial charge is 0.226 e. The molecule has 0 spiro atoms. The molecule has 4 heterocycles. The van der Waals surface area contributed by atoms with E-state index in [1.807, 2.05) is 29.1 Å². The lowest BCUT2D eigenvalue weighted by Gasteiger charge is -2.13. The van der Waals surface area contributed by atoms with Gasteiger partial charge in [-0.1, -0.05) is 36.4 Å². The SMILES string of the molecule is COCCNCCC(=O)Nc1sc2c(c1-c1nc3cc(-c4cnn(Cc5ccccc5)c4)ccc3s1)CCNC2. The normalized spacial score (nSPS) is 13.0. The molecule has 0 atom stereocenters. The Balaban J connectivity index is 1.24. The third-order valence-corrected chi connectivity index (χ3v) is 9.15. The second-order valence-corrected chi connectivity index (χ2v) is 11.9. The number of anilines is 1. The van der Waals surface area contributed by atoms with Gasteiger partial charge in [-0.25, -0.2) is 4.98 Å². The molecule has 3 N–H and O–H groups in total. The van der Waals surface area contributed by atoms with Crippen LogP contribution in [0.3, 0.4) is 0 Å². The van der Waals surface area contributed by atoms with Crippen molar-refractivity contribution in [3.8, 4) is 21.7 Å². The van der Waals surface area contributed by atoms with E-state index < -0.39 is 0 Å². The van der Waals surface area contributed by atoms with Crippen molar-refractivity contribution in [3.05, 3.63) is 76.9 Å². The number of rotatable bonds is 11. The third-order valence-electron chi connectivity index (χ3n) is 6.95. The lowest BCUT2D eigenvalue weighted by Crippen LogP contribution is -2.24. The van der Waals surface area contributed by atoms with Gasteiger partial charge in [-0.3, -0.25) is 9.48 Å². The van der Waals surface area contributed by atoms with Crippen molar-refractivity contribution in [1.29, 1.82) is 0 Å². The molecular formula is C30H32N6O2S2. The topological polar surface area (TPSA) is 93.1 Å². The van der Waals surface area contributed by atoms with Crippen LogP contribution in [0.25, 0.3) is 31.9 Å². The molecule has 10 heteroatoms. The number of aromatic nitrogens is 3. The average molecular weight is 573 g/mol. The van der Waals surface area contributed by atoms with Crippen molar-refractivity contribution in [2.75, 3.05) is 38.7 Å². The Morgan fingerprint density at radius 1 is 1.12 bits per heavy atom. The molecule has 40 heavy (non-hydrogen) atoms. The second kappa shape index (κ2) is 12.4. The zero-order valence-electron chi connectivity index (χ0n) is 22.4. The quantitative estimate of drug-likeness (QED) is 0.190. The zero-order valence-corrected chi connectivity index (χ0v) is 24.0.